The van der Waals surface area contributed by atoms with Crippen LogP contribution in [0.25, 0.3) is 10.9 Å². The summed E-state index contributed by atoms with van der Waals surface area (Å²) in [6, 6.07) is 11.5. The second-order valence-corrected chi connectivity index (χ2v) is 5.51. The average molecular weight is 269 g/mol. The third kappa shape index (κ3) is 2.78. The quantitative estimate of drug-likeness (QED) is 0.867. The summed E-state index contributed by atoms with van der Waals surface area (Å²) in [5, 5.41) is 4.65. The van der Waals surface area contributed by atoms with Gasteiger partial charge >= 0.3 is 0 Å². The first-order valence-corrected chi connectivity index (χ1v) is 7.68. The van der Waals surface area contributed by atoms with Crippen molar-refractivity contribution in [3.8, 4) is 0 Å². The van der Waals surface area contributed by atoms with E-state index in [-0.39, 0.29) is 0 Å². The van der Waals surface area contributed by atoms with Crippen LogP contribution in [0.4, 0.5) is 5.82 Å². The highest BCUT2D eigenvalue weighted by Crippen LogP contribution is 2.30. The minimum atomic E-state index is 0.793. The molecule has 0 aliphatic heterocycles. The van der Waals surface area contributed by atoms with Gasteiger partial charge in [-0.1, -0.05) is 25.1 Å². The van der Waals surface area contributed by atoms with Crippen molar-refractivity contribution < 1.29 is 0 Å². The fraction of sp³-hybridized carbons (Fsp3) is 0.471. The van der Waals surface area contributed by atoms with Gasteiger partial charge in [0, 0.05) is 30.1 Å². The van der Waals surface area contributed by atoms with E-state index in [0.717, 1.165) is 37.0 Å². The molecule has 0 bridgehead atoms. The predicted molar refractivity (Wildman–Crippen MR) is 85.0 cm³/mol. The van der Waals surface area contributed by atoms with Gasteiger partial charge in [-0.15, -0.1) is 0 Å². The summed E-state index contributed by atoms with van der Waals surface area (Å²) in [4.78, 5) is 7.36. The highest BCUT2D eigenvalue weighted by Gasteiger charge is 2.28. The highest BCUT2D eigenvalue weighted by molar-refractivity contribution is 5.81. The molecule has 1 saturated carbocycles. The van der Waals surface area contributed by atoms with Gasteiger partial charge in [0.05, 0.1) is 5.52 Å². The Labute approximate surface area is 121 Å². The Morgan fingerprint density at radius 2 is 2.05 bits per heavy atom. The standard InChI is InChI=1S/C17H23N3/c1-3-18-17-14(12-20(4-2)15-9-10-15)11-13-7-5-6-8-16(13)19-17/h5-8,11,15H,3-4,9-10,12H2,1-2H3,(H,18,19). The largest absolute Gasteiger partial charge is 0.370 e. The van der Waals surface area contributed by atoms with Crippen LogP contribution in [-0.2, 0) is 6.54 Å². The number of benzene rings is 1. The lowest BCUT2D eigenvalue weighted by Gasteiger charge is -2.21. The maximum Gasteiger partial charge on any atom is 0.131 e. The molecule has 106 valence electrons. The maximum atomic E-state index is 4.79. The molecule has 3 heteroatoms. The Kier molecular flexibility index (Phi) is 3.88. The first-order chi connectivity index (χ1) is 9.81. The van der Waals surface area contributed by atoms with Crippen LogP contribution in [0.2, 0.25) is 0 Å². The third-order valence-electron chi connectivity index (χ3n) is 3.99. The molecule has 20 heavy (non-hydrogen) atoms. The number of rotatable bonds is 6. The summed E-state index contributed by atoms with van der Waals surface area (Å²) >= 11 is 0. The van der Waals surface area contributed by atoms with Crippen molar-refractivity contribution in [2.75, 3.05) is 18.4 Å². The molecule has 1 aliphatic rings. The van der Waals surface area contributed by atoms with Gasteiger partial charge in [0.25, 0.3) is 0 Å². The molecule has 1 aliphatic carbocycles. The van der Waals surface area contributed by atoms with E-state index in [1.165, 1.54) is 23.8 Å². The Balaban J connectivity index is 1.95. The Hall–Kier alpha value is -1.61. The van der Waals surface area contributed by atoms with Crippen LogP contribution < -0.4 is 5.32 Å². The van der Waals surface area contributed by atoms with Crippen LogP contribution in [0.3, 0.4) is 0 Å². The Morgan fingerprint density at radius 1 is 1.25 bits per heavy atom. The van der Waals surface area contributed by atoms with Crippen LogP contribution in [0.5, 0.6) is 0 Å². The van der Waals surface area contributed by atoms with Gasteiger partial charge in [0.2, 0.25) is 0 Å². The van der Waals surface area contributed by atoms with Gasteiger partial charge in [0.15, 0.2) is 0 Å². The fourth-order valence-corrected chi connectivity index (χ4v) is 2.76. The number of aromatic nitrogens is 1. The number of anilines is 1. The van der Waals surface area contributed by atoms with E-state index in [0.29, 0.717) is 0 Å². The van der Waals surface area contributed by atoms with Crippen LogP contribution in [-0.4, -0.2) is 29.0 Å². The zero-order valence-corrected chi connectivity index (χ0v) is 12.4. The minimum absolute atomic E-state index is 0.793. The summed E-state index contributed by atoms with van der Waals surface area (Å²) in [5.41, 5.74) is 2.39. The number of nitrogens with one attached hydrogen (secondary N) is 1. The molecular weight excluding hydrogens is 246 g/mol. The SMILES string of the molecule is CCNc1nc2ccccc2cc1CN(CC)C1CC1. The molecule has 0 radical (unpaired) electrons. The molecule has 0 unspecified atom stereocenters. The van der Waals surface area contributed by atoms with E-state index < -0.39 is 0 Å². The van der Waals surface area contributed by atoms with Crippen LogP contribution in [0.15, 0.2) is 30.3 Å². The summed E-state index contributed by atoms with van der Waals surface area (Å²) in [6.07, 6.45) is 2.71. The van der Waals surface area contributed by atoms with Gasteiger partial charge in [-0.05, 0) is 38.4 Å². The molecular formula is C17H23N3. The lowest BCUT2D eigenvalue weighted by atomic mass is 10.1. The predicted octanol–water partition coefficient (Wildman–Crippen LogP) is 3.65. The van der Waals surface area contributed by atoms with Gasteiger partial charge in [-0.3, -0.25) is 4.90 Å². The average Bonchev–Trinajstić information content (AvgIpc) is 3.30. The smallest absolute Gasteiger partial charge is 0.131 e. The van der Waals surface area contributed by atoms with E-state index in [1.54, 1.807) is 0 Å². The van der Waals surface area contributed by atoms with Crippen molar-refractivity contribution in [2.24, 2.45) is 0 Å². The second-order valence-electron chi connectivity index (χ2n) is 5.51. The van der Waals surface area contributed by atoms with Crippen molar-refractivity contribution in [3.05, 3.63) is 35.9 Å². The molecule has 0 amide bonds. The molecule has 0 atom stereocenters. The fourth-order valence-electron chi connectivity index (χ4n) is 2.76. The van der Waals surface area contributed by atoms with E-state index in [9.17, 15) is 0 Å². The lowest BCUT2D eigenvalue weighted by Crippen LogP contribution is -2.25. The molecule has 0 saturated heterocycles. The molecule has 1 aromatic heterocycles. The third-order valence-corrected chi connectivity index (χ3v) is 3.99. The number of pyridine rings is 1. The number of para-hydroxylation sites is 1. The molecule has 1 fully saturated rings. The summed E-state index contributed by atoms with van der Waals surface area (Å²) < 4.78 is 0. The number of fused-ring (bicyclic) bond motifs is 1. The lowest BCUT2D eigenvalue weighted by molar-refractivity contribution is 0.269. The van der Waals surface area contributed by atoms with E-state index in [2.05, 4.69) is 48.3 Å². The molecule has 1 heterocycles. The van der Waals surface area contributed by atoms with Gasteiger partial charge in [-0.2, -0.15) is 0 Å². The van der Waals surface area contributed by atoms with Crippen LogP contribution in [0.1, 0.15) is 32.3 Å². The van der Waals surface area contributed by atoms with Crippen molar-refractivity contribution >= 4 is 16.7 Å². The Bertz CT molecular complexity index is 590. The topological polar surface area (TPSA) is 28.2 Å². The zero-order chi connectivity index (χ0) is 13.9. The molecule has 1 N–H and O–H groups in total. The van der Waals surface area contributed by atoms with Gasteiger partial charge in [-0.25, -0.2) is 4.98 Å². The summed E-state index contributed by atoms with van der Waals surface area (Å²) in [6.45, 7) is 7.40. The molecule has 0 spiro atoms. The van der Waals surface area contributed by atoms with Crippen molar-refractivity contribution in [3.63, 3.8) is 0 Å². The number of nitrogens with zero attached hydrogens (tertiary/aromatic N) is 2. The van der Waals surface area contributed by atoms with Gasteiger partial charge < -0.3 is 5.32 Å². The maximum absolute atomic E-state index is 4.79. The first kappa shape index (κ1) is 13.4. The van der Waals surface area contributed by atoms with Crippen molar-refractivity contribution in [2.45, 2.75) is 39.3 Å². The van der Waals surface area contributed by atoms with Crippen LogP contribution in [0, 0.1) is 0 Å². The first-order valence-electron chi connectivity index (χ1n) is 7.68. The van der Waals surface area contributed by atoms with Crippen molar-refractivity contribution in [1.29, 1.82) is 0 Å². The van der Waals surface area contributed by atoms with E-state index in [1.807, 2.05) is 6.07 Å². The minimum Gasteiger partial charge on any atom is -0.370 e. The normalized spacial score (nSPS) is 14.9. The van der Waals surface area contributed by atoms with Crippen molar-refractivity contribution in [1.82, 2.24) is 9.88 Å². The van der Waals surface area contributed by atoms with E-state index >= 15 is 0 Å². The number of hydrogen-bond donors (Lipinski definition) is 1. The van der Waals surface area contributed by atoms with E-state index in [4.69, 9.17) is 4.98 Å². The number of hydrogen-bond acceptors (Lipinski definition) is 3. The monoisotopic (exact) mass is 269 g/mol. The molecule has 3 nitrogen and oxygen atoms in total. The molecule has 3 rings (SSSR count). The van der Waals surface area contributed by atoms with Gasteiger partial charge in [0.1, 0.15) is 5.82 Å². The Morgan fingerprint density at radius 3 is 2.75 bits per heavy atom. The van der Waals surface area contributed by atoms with Crippen LogP contribution >= 0.6 is 0 Å². The zero-order valence-electron chi connectivity index (χ0n) is 12.4. The summed E-state index contributed by atoms with van der Waals surface area (Å²) in [7, 11) is 0. The highest BCUT2D eigenvalue weighted by atomic mass is 15.2. The molecule has 1 aromatic carbocycles. The second kappa shape index (κ2) is 5.80. The molecule has 2 aromatic rings. The summed E-state index contributed by atoms with van der Waals surface area (Å²) in [5.74, 6) is 1.05.